The van der Waals surface area contributed by atoms with Gasteiger partial charge in [-0.05, 0) is 88.6 Å². The molecule has 8 N–H and O–H groups in total. The first-order valence-electron chi connectivity index (χ1n) is 26.2. The van der Waals surface area contributed by atoms with Crippen molar-refractivity contribution < 1.29 is 57.3 Å². The van der Waals surface area contributed by atoms with Crippen LogP contribution in [0.4, 0.5) is 0 Å². The van der Waals surface area contributed by atoms with E-state index in [0.29, 0.717) is 129 Å². The van der Waals surface area contributed by atoms with Crippen LogP contribution in [0.2, 0.25) is 15.1 Å². The molecule has 1 heterocycles. The normalized spacial score (nSPS) is 11.7. The number of rotatable bonds is 40. The SMILES string of the molecule is CC(=O)NCCOCCOCC(=O)NCCOCCOCC(=O)NCCCC[C@H](NC(C)=O)C(=O)NCCCC[C@H](NC(C)=O)C(=O)NCCCCCCNC(=O)c1nn(-c2ccc(Cl)cc2Cl)c(-c2ccc(Cl)cc2)c1C. The van der Waals surface area contributed by atoms with Crippen LogP contribution >= 0.6 is 34.8 Å². The molecular formula is C53H77Cl3N10O12. The molecule has 78 heavy (non-hydrogen) atoms. The monoisotopic (exact) mass is 1150 g/mol. The molecule has 3 aromatic rings. The summed E-state index contributed by atoms with van der Waals surface area (Å²) in [4.78, 5) is 98.1. The molecule has 0 bridgehead atoms. The Bertz CT molecular complexity index is 2380. The second-order valence-corrected chi connectivity index (χ2v) is 19.4. The van der Waals surface area contributed by atoms with Gasteiger partial charge in [0.05, 0.1) is 56.0 Å². The van der Waals surface area contributed by atoms with Crippen LogP contribution in [0, 0.1) is 6.92 Å². The van der Waals surface area contributed by atoms with Gasteiger partial charge in [-0.15, -0.1) is 0 Å². The second-order valence-electron chi connectivity index (χ2n) is 18.1. The number of benzene rings is 2. The lowest BCUT2D eigenvalue weighted by molar-refractivity contribution is -0.128. The summed E-state index contributed by atoms with van der Waals surface area (Å²) >= 11 is 18.9. The molecular weight excluding hydrogens is 1070 g/mol. The Morgan fingerprint density at radius 1 is 0.513 bits per heavy atom. The number of aromatic nitrogens is 2. The fourth-order valence-corrected chi connectivity index (χ4v) is 8.30. The number of nitrogens with one attached hydrogen (secondary N) is 8. The molecule has 0 spiro atoms. The van der Waals surface area contributed by atoms with Crippen LogP contribution in [-0.2, 0) is 52.5 Å². The van der Waals surface area contributed by atoms with E-state index < -0.39 is 12.1 Å². The average molecular weight is 1150 g/mol. The molecule has 22 nitrogen and oxygen atoms in total. The fraction of sp³-hybridized carbons (Fsp3) is 0.566. The molecule has 432 valence electrons. The van der Waals surface area contributed by atoms with Gasteiger partial charge in [0.2, 0.25) is 41.4 Å². The van der Waals surface area contributed by atoms with Gasteiger partial charge in [-0.1, -0.05) is 59.8 Å². The first-order valence-corrected chi connectivity index (χ1v) is 27.4. The number of carbonyl (C=O) groups excluding carboxylic acids is 8. The Balaban J connectivity index is 1.24. The summed E-state index contributed by atoms with van der Waals surface area (Å²) in [6.45, 7) is 9.35. The van der Waals surface area contributed by atoms with Crippen molar-refractivity contribution in [3.8, 4) is 16.9 Å². The van der Waals surface area contributed by atoms with Gasteiger partial charge in [0, 0.05) is 81.2 Å². The Morgan fingerprint density at radius 3 is 1.49 bits per heavy atom. The Labute approximate surface area is 471 Å². The summed E-state index contributed by atoms with van der Waals surface area (Å²) in [7, 11) is 0. The molecule has 0 unspecified atom stereocenters. The molecule has 0 saturated carbocycles. The fourth-order valence-electron chi connectivity index (χ4n) is 7.68. The molecule has 0 aliphatic rings. The predicted octanol–water partition coefficient (Wildman–Crippen LogP) is 4.12. The van der Waals surface area contributed by atoms with Crippen molar-refractivity contribution in [2.75, 3.05) is 92.1 Å². The number of ether oxygens (including phenoxy) is 4. The van der Waals surface area contributed by atoms with Gasteiger partial charge in [0.15, 0.2) is 5.69 Å². The molecule has 0 aliphatic carbocycles. The van der Waals surface area contributed by atoms with Crippen LogP contribution < -0.4 is 42.5 Å². The number of nitrogens with zero attached hydrogens (tertiary/aromatic N) is 2. The van der Waals surface area contributed by atoms with Crippen molar-refractivity contribution in [3.63, 3.8) is 0 Å². The van der Waals surface area contributed by atoms with Crippen LogP contribution in [-0.4, -0.2) is 161 Å². The number of carbonyl (C=O) groups is 8. The van der Waals surface area contributed by atoms with E-state index in [1.807, 2.05) is 19.1 Å². The number of unbranched alkanes of at least 4 members (excludes halogenated alkanes) is 5. The Hall–Kier alpha value is -5.88. The minimum atomic E-state index is -0.768. The lowest BCUT2D eigenvalue weighted by atomic mass is 10.1. The van der Waals surface area contributed by atoms with E-state index in [2.05, 4.69) is 47.6 Å². The smallest absolute Gasteiger partial charge is 0.272 e. The number of amides is 8. The first-order chi connectivity index (χ1) is 37.5. The molecule has 2 atom stereocenters. The van der Waals surface area contributed by atoms with Crippen molar-refractivity contribution in [1.29, 1.82) is 0 Å². The molecule has 8 amide bonds. The minimum absolute atomic E-state index is 0.120. The van der Waals surface area contributed by atoms with E-state index in [1.54, 1.807) is 35.0 Å². The van der Waals surface area contributed by atoms with E-state index >= 15 is 0 Å². The first kappa shape index (κ1) is 66.4. The van der Waals surface area contributed by atoms with E-state index in [1.165, 1.54) is 20.8 Å². The van der Waals surface area contributed by atoms with E-state index in [9.17, 15) is 38.4 Å². The summed E-state index contributed by atoms with van der Waals surface area (Å²) in [6.07, 6.45) is 5.85. The average Bonchev–Trinajstić information content (AvgIpc) is 3.75. The highest BCUT2D eigenvalue weighted by atomic mass is 35.5. The lowest BCUT2D eigenvalue weighted by Gasteiger charge is -2.19. The Morgan fingerprint density at radius 2 is 0.974 bits per heavy atom. The third-order valence-electron chi connectivity index (χ3n) is 11.5. The highest BCUT2D eigenvalue weighted by molar-refractivity contribution is 6.35. The van der Waals surface area contributed by atoms with Crippen LogP contribution in [0.1, 0.15) is 101 Å². The summed E-state index contributed by atoms with van der Waals surface area (Å²) in [5.41, 5.74) is 2.99. The summed E-state index contributed by atoms with van der Waals surface area (Å²) in [5, 5.41) is 28.2. The zero-order valence-corrected chi connectivity index (χ0v) is 47.4. The molecule has 0 radical (unpaired) electrons. The number of hydrogen-bond acceptors (Lipinski definition) is 13. The molecule has 25 heteroatoms. The quantitative estimate of drug-likeness (QED) is 0.0373. The van der Waals surface area contributed by atoms with E-state index in [4.69, 9.17) is 53.8 Å². The van der Waals surface area contributed by atoms with Gasteiger partial charge in [-0.25, -0.2) is 4.68 Å². The van der Waals surface area contributed by atoms with Crippen molar-refractivity contribution in [1.82, 2.24) is 52.3 Å². The Kier molecular flexibility index (Phi) is 32.9. The van der Waals surface area contributed by atoms with Crippen LogP contribution in [0.3, 0.4) is 0 Å². The number of halogens is 3. The third-order valence-corrected chi connectivity index (χ3v) is 12.3. The van der Waals surface area contributed by atoms with Crippen molar-refractivity contribution in [2.45, 2.75) is 104 Å². The summed E-state index contributed by atoms with van der Waals surface area (Å²) in [6, 6.07) is 10.8. The van der Waals surface area contributed by atoms with E-state index in [0.717, 1.165) is 18.4 Å². The zero-order chi connectivity index (χ0) is 57.1. The van der Waals surface area contributed by atoms with Crippen LogP contribution in [0.5, 0.6) is 0 Å². The van der Waals surface area contributed by atoms with Crippen LogP contribution in [0.25, 0.3) is 16.9 Å². The van der Waals surface area contributed by atoms with Crippen LogP contribution in [0.15, 0.2) is 42.5 Å². The maximum atomic E-state index is 13.4. The van der Waals surface area contributed by atoms with Crippen molar-refractivity contribution >= 4 is 82.1 Å². The maximum absolute atomic E-state index is 13.4. The maximum Gasteiger partial charge on any atom is 0.272 e. The van der Waals surface area contributed by atoms with Crippen molar-refractivity contribution in [3.05, 3.63) is 68.8 Å². The molecule has 2 aromatic carbocycles. The molecule has 1 aromatic heterocycles. The highest BCUT2D eigenvalue weighted by Gasteiger charge is 2.24. The standard InChI is InChI=1S/C53H77Cl3N10O12/c1-36-49(65-66(46-20-19-42(55)33-43(46)56)50(36)40-15-17-41(54)18-16-40)53(74)62-23-10-6-5-9-22-60-51(72)45(64-39(4)69)14-8-12-24-61-52(73)44(63-38(3)68)13-7-11-21-58-47(70)34-77-32-30-76-28-26-59-48(71)35-78-31-29-75-27-25-57-37(2)67/h15-20,33,44-45H,5-14,21-32,34-35H2,1-4H3,(H,57,67)(H,58,70)(H,59,71)(H,60,72)(H,61,73)(H,62,74)(H,63,68)(H,64,69)/t44-,45-/m0/s1. The molecule has 0 saturated heterocycles. The van der Waals surface area contributed by atoms with Gasteiger partial charge >= 0.3 is 0 Å². The number of hydrogen-bond donors (Lipinski definition) is 8. The molecule has 3 rings (SSSR count). The lowest BCUT2D eigenvalue weighted by Crippen LogP contribution is -2.47. The summed E-state index contributed by atoms with van der Waals surface area (Å²) in [5.74, 6) is -2.41. The topological polar surface area (TPSA) is 288 Å². The molecule has 0 fully saturated rings. The second kappa shape index (κ2) is 38.6. The largest absolute Gasteiger partial charge is 0.377 e. The van der Waals surface area contributed by atoms with Gasteiger partial charge in [0.1, 0.15) is 25.3 Å². The van der Waals surface area contributed by atoms with Crippen molar-refractivity contribution in [2.24, 2.45) is 0 Å². The molecule has 0 aliphatic heterocycles. The minimum Gasteiger partial charge on any atom is -0.377 e. The predicted molar refractivity (Wildman–Crippen MR) is 296 cm³/mol. The zero-order valence-electron chi connectivity index (χ0n) is 45.1. The highest BCUT2D eigenvalue weighted by Crippen LogP contribution is 2.33. The van der Waals surface area contributed by atoms with Gasteiger partial charge in [-0.3, -0.25) is 38.4 Å². The van der Waals surface area contributed by atoms with Gasteiger partial charge in [0.25, 0.3) is 5.91 Å². The van der Waals surface area contributed by atoms with Gasteiger partial charge in [-0.2, -0.15) is 5.10 Å². The summed E-state index contributed by atoms with van der Waals surface area (Å²) < 4.78 is 22.9. The van der Waals surface area contributed by atoms with Gasteiger partial charge < -0.3 is 61.5 Å². The van der Waals surface area contributed by atoms with E-state index in [-0.39, 0.29) is 99.1 Å². The third kappa shape index (κ3) is 27.6.